The van der Waals surface area contributed by atoms with E-state index in [9.17, 15) is 18.3 Å². The number of rotatable bonds is 11. The van der Waals surface area contributed by atoms with Gasteiger partial charge in [-0.25, -0.2) is 8.42 Å². The van der Waals surface area contributed by atoms with Crippen LogP contribution in [0.25, 0.3) is 11.4 Å². The number of benzene rings is 1. The van der Waals surface area contributed by atoms with Gasteiger partial charge in [0.05, 0.1) is 28.1 Å². The van der Waals surface area contributed by atoms with Crippen molar-refractivity contribution < 1.29 is 27.8 Å². The second-order valence-electron chi connectivity index (χ2n) is 10.4. The highest BCUT2D eigenvalue weighted by molar-refractivity contribution is 7.92. The van der Waals surface area contributed by atoms with Crippen LogP contribution in [-0.2, 0) is 24.1 Å². The molecule has 1 aliphatic heterocycles. The summed E-state index contributed by atoms with van der Waals surface area (Å²) in [6.07, 6.45) is 5.01. The van der Waals surface area contributed by atoms with Gasteiger partial charge >= 0.3 is 5.97 Å². The number of pyridine rings is 1. The largest absolute Gasteiger partial charge is 0.462 e. The number of aromatic nitrogens is 2. The van der Waals surface area contributed by atoms with Gasteiger partial charge < -0.3 is 25.3 Å². The molecule has 39 heavy (non-hydrogen) atoms. The third-order valence-electron chi connectivity index (χ3n) is 7.58. The van der Waals surface area contributed by atoms with Crippen LogP contribution in [0.5, 0.6) is 0 Å². The molecule has 1 saturated heterocycles. The third-order valence-corrected chi connectivity index (χ3v) is 9.86. The number of H-pyrrole nitrogens is 1. The number of sulfone groups is 1. The zero-order chi connectivity index (χ0) is 27.4. The molecule has 10 heteroatoms. The van der Waals surface area contributed by atoms with E-state index in [1.54, 1.807) is 24.4 Å². The first kappa shape index (κ1) is 27.5. The van der Waals surface area contributed by atoms with Gasteiger partial charge in [-0.15, -0.1) is 0 Å². The van der Waals surface area contributed by atoms with E-state index in [0.717, 1.165) is 62.3 Å². The van der Waals surface area contributed by atoms with Gasteiger partial charge in [0.15, 0.2) is 9.84 Å². The number of carbonyl (C=O) groups is 1. The predicted octanol–water partition coefficient (Wildman–Crippen LogP) is 3.50. The lowest BCUT2D eigenvalue weighted by Gasteiger charge is -2.27. The number of nitrogens with one attached hydrogen (secondary N) is 1. The molecular weight excluding hydrogens is 518 g/mol. The maximum Gasteiger partial charge on any atom is 0.319 e. The molecule has 2 aromatic heterocycles. The van der Waals surface area contributed by atoms with Crippen LogP contribution in [0.4, 0.5) is 0 Å². The lowest BCUT2D eigenvalue weighted by Crippen LogP contribution is -2.20. The third kappa shape index (κ3) is 6.58. The minimum atomic E-state index is -3.23. The predicted molar refractivity (Wildman–Crippen MR) is 146 cm³/mol. The van der Waals surface area contributed by atoms with Crippen LogP contribution in [0.3, 0.4) is 0 Å². The average molecular weight is 554 g/mol. The molecule has 2 fully saturated rings. The Balaban J connectivity index is 1.35. The zero-order valence-corrected chi connectivity index (χ0v) is 22.6. The van der Waals surface area contributed by atoms with E-state index in [-0.39, 0.29) is 24.3 Å². The van der Waals surface area contributed by atoms with Crippen molar-refractivity contribution in [2.45, 2.75) is 54.3 Å². The van der Waals surface area contributed by atoms with Crippen LogP contribution in [0.2, 0.25) is 0 Å². The quantitative estimate of drug-likeness (QED) is 0.306. The van der Waals surface area contributed by atoms with Gasteiger partial charge in [-0.3, -0.25) is 9.78 Å². The summed E-state index contributed by atoms with van der Waals surface area (Å²) in [6, 6.07) is 15.0. The SMILES string of the molecule is NCC(=O)OCC(O)c1ccc(-c2ccc(C(CC3CCOCC3)c3ccc(S(=O)(=O)C4CC4)cc3)[nH]2)nc1. The van der Waals surface area contributed by atoms with Gasteiger partial charge in [0.1, 0.15) is 12.7 Å². The highest BCUT2D eigenvalue weighted by Crippen LogP contribution is 2.37. The summed E-state index contributed by atoms with van der Waals surface area (Å²) in [6.45, 7) is 1.11. The van der Waals surface area contributed by atoms with Crippen LogP contribution in [0, 0.1) is 5.92 Å². The van der Waals surface area contributed by atoms with E-state index >= 15 is 0 Å². The Morgan fingerprint density at radius 3 is 2.41 bits per heavy atom. The fraction of sp³-hybridized carbons (Fsp3) is 0.448. The van der Waals surface area contributed by atoms with Crippen molar-refractivity contribution in [2.24, 2.45) is 11.7 Å². The van der Waals surface area contributed by atoms with Gasteiger partial charge in [0.25, 0.3) is 0 Å². The number of nitrogens with zero attached hydrogens (tertiary/aromatic N) is 1. The molecule has 1 saturated carbocycles. The Bertz CT molecular complexity index is 1360. The van der Waals surface area contributed by atoms with Gasteiger partial charge in [-0.1, -0.05) is 18.2 Å². The Kier molecular flexibility index (Phi) is 8.46. The van der Waals surface area contributed by atoms with Crippen LogP contribution in [0.1, 0.15) is 60.9 Å². The standard InChI is InChI=1S/C29H35N3O6S/c30-16-29(34)38-18-28(33)21-3-8-26(31-17-21)27-10-9-25(32-27)24(15-19-11-13-37-14-12-19)20-1-4-22(5-2-20)39(35,36)23-6-7-23/h1-5,8-10,17,19,23-24,28,32-33H,6-7,11-16,18,30H2. The van der Waals surface area contributed by atoms with Gasteiger partial charge in [-0.05, 0) is 73.9 Å². The number of aromatic amines is 1. The van der Waals surface area contributed by atoms with E-state index < -0.39 is 21.9 Å². The molecule has 0 spiro atoms. The average Bonchev–Trinajstić information content (AvgIpc) is 3.73. The van der Waals surface area contributed by atoms with E-state index in [1.165, 1.54) is 0 Å². The number of hydrogen-bond acceptors (Lipinski definition) is 8. The van der Waals surface area contributed by atoms with E-state index in [2.05, 4.69) is 16.0 Å². The molecule has 0 amide bonds. The summed E-state index contributed by atoms with van der Waals surface area (Å²) in [7, 11) is -3.23. The summed E-state index contributed by atoms with van der Waals surface area (Å²) in [5, 5.41) is 10.0. The Morgan fingerprint density at radius 1 is 1.05 bits per heavy atom. The monoisotopic (exact) mass is 553 g/mol. The van der Waals surface area contributed by atoms with Crippen molar-refractivity contribution in [3.05, 3.63) is 71.5 Å². The molecule has 1 aromatic carbocycles. The molecule has 2 aliphatic rings. The number of esters is 1. The number of hydrogen-bond donors (Lipinski definition) is 3. The smallest absolute Gasteiger partial charge is 0.319 e. The molecule has 5 rings (SSSR count). The number of aliphatic hydroxyl groups excluding tert-OH is 1. The maximum absolute atomic E-state index is 12.7. The Hall–Kier alpha value is -3.05. The number of nitrogens with two attached hydrogens (primary N) is 1. The minimum Gasteiger partial charge on any atom is -0.462 e. The summed E-state index contributed by atoms with van der Waals surface area (Å²) in [5.74, 6) is 0.00234. The molecule has 2 unspecified atom stereocenters. The number of aliphatic hydroxyl groups is 1. The molecule has 208 valence electrons. The second kappa shape index (κ2) is 12.0. The lowest BCUT2D eigenvalue weighted by molar-refractivity contribution is -0.145. The van der Waals surface area contributed by atoms with Crippen molar-refractivity contribution in [1.29, 1.82) is 0 Å². The topological polar surface area (TPSA) is 145 Å². The molecule has 9 nitrogen and oxygen atoms in total. The van der Waals surface area contributed by atoms with Crippen LogP contribution in [-0.4, -0.2) is 61.1 Å². The molecule has 0 bridgehead atoms. The minimum absolute atomic E-state index is 0.0675. The molecule has 3 aromatic rings. The summed E-state index contributed by atoms with van der Waals surface area (Å²) in [4.78, 5) is 19.7. The lowest BCUT2D eigenvalue weighted by atomic mass is 9.83. The van der Waals surface area contributed by atoms with Crippen LogP contribution >= 0.6 is 0 Å². The molecule has 4 N–H and O–H groups in total. The van der Waals surface area contributed by atoms with Crippen molar-refractivity contribution in [3.8, 4) is 11.4 Å². The molecule has 1 aliphatic carbocycles. The number of ether oxygens (including phenoxy) is 2. The van der Waals surface area contributed by atoms with Gasteiger partial charge in [-0.2, -0.15) is 0 Å². The van der Waals surface area contributed by atoms with Crippen molar-refractivity contribution >= 4 is 15.8 Å². The highest BCUT2D eigenvalue weighted by atomic mass is 32.2. The van der Waals surface area contributed by atoms with E-state index in [0.29, 0.717) is 22.1 Å². The van der Waals surface area contributed by atoms with Crippen LogP contribution < -0.4 is 5.73 Å². The van der Waals surface area contributed by atoms with Crippen molar-refractivity contribution in [2.75, 3.05) is 26.4 Å². The normalized spacial score (nSPS) is 18.0. The second-order valence-corrected chi connectivity index (χ2v) is 12.6. The Morgan fingerprint density at radius 2 is 1.77 bits per heavy atom. The summed E-state index contributed by atoms with van der Waals surface area (Å²) >= 11 is 0. The highest BCUT2D eigenvalue weighted by Gasteiger charge is 2.37. The van der Waals surface area contributed by atoms with Crippen molar-refractivity contribution in [1.82, 2.24) is 9.97 Å². The van der Waals surface area contributed by atoms with Gasteiger partial charge in [0.2, 0.25) is 0 Å². The van der Waals surface area contributed by atoms with Crippen LogP contribution in [0.15, 0.2) is 59.6 Å². The van der Waals surface area contributed by atoms with E-state index in [4.69, 9.17) is 15.2 Å². The maximum atomic E-state index is 12.7. The van der Waals surface area contributed by atoms with E-state index in [1.807, 2.05) is 24.3 Å². The van der Waals surface area contributed by atoms with Gasteiger partial charge in [0, 0.05) is 36.6 Å². The number of carbonyl (C=O) groups excluding carboxylic acids is 1. The Labute approximate surface area is 228 Å². The summed E-state index contributed by atoms with van der Waals surface area (Å²) in [5.41, 5.74) is 9.43. The first-order valence-corrected chi connectivity index (χ1v) is 15.0. The fourth-order valence-electron chi connectivity index (χ4n) is 5.07. The molecule has 3 heterocycles. The molecule has 0 radical (unpaired) electrons. The van der Waals surface area contributed by atoms with Crippen molar-refractivity contribution in [3.63, 3.8) is 0 Å². The fourth-order valence-corrected chi connectivity index (χ4v) is 6.73. The zero-order valence-electron chi connectivity index (χ0n) is 21.8. The molecular formula is C29H35N3O6S. The summed E-state index contributed by atoms with van der Waals surface area (Å²) < 4.78 is 35.9. The first-order chi connectivity index (χ1) is 18.8. The molecule has 2 atom stereocenters. The first-order valence-electron chi connectivity index (χ1n) is 13.5.